The van der Waals surface area contributed by atoms with Crippen LogP contribution in [0.2, 0.25) is 0 Å². The van der Waals surface area contributed by atoms with E-state index in [1.165, 1.54) is 18.2 Å². The van der Waals surface area contributed by atoms with Crippen LogP contribution in [0.25, 0.3) is 0 Å². The highest BCUT2D eigenvalue weighted by atomic mass is 32.2. The second-order valence-electron chi connectivity index (χ2n) is 7.33. The van der Waals surface area contributed by atoms with Crippen LogP contribution in [-0.2, 0) is 16.1 Å². The molecule has 0 radical (unpaired) electrons. The van der Waals surface area contributed by atoms with Gasteiger partial charge in [0.2, 0.25) is 17.7 Å². The lowest BCUT2D eigenvalue weighted by atomic mass is 9.92. The van der Waals surface area contributed by atoms with Gasteiger partial charge in [-0.25, -0.2) is 0 Å². The summed E-state index contributed by atoms with van der Waals surface area (Å²) in [5.41, 5.74) is 0. The van der Waals surface area contributed by atoms with Crippen LogP contribution >= 0.6 is 11.8 Å². The maximum Gasteiger partial charge on any atom is 0.277 e. The summed E-state index contributed by atoms with van der Waals surface area (Å²) in [6, 6.07) is 0. The van der Waals surface area contributed by atoms with Crippen LogP contribution in [0, 0.1) is 11.8 Å². The Morgan fingerprint density at radius 2 is 2.04 bits per heavy atom. The third-order valence-electron chi connectivity index (χ3n) is 4.75. The topological polar surface area (TPSA) is 79.5 Å². The van der Waals surface area contributed by atoms with Crippen molar-refractivity contribution >= 4 is 23.6 Å². The molecule has 1 aromatic heterocycles. The number of piperidine rings is 1. The predicted octanol–water partition coefficient (Wildman–Crippen LogP) is 2.18. The van der Waals surface area contributed by atoms with Crippen LogP contribution in [0.1, 0.15) is 45.9 Å². The zero-order chi connectivity index (χ0) is 18.0. The number of carbonyl (C=O) groups excluding carboxylic acids is 2. The van der Waals surface area contributed by atoms with Gasteiger partial charge in [0.1, 0.15) is 0 Å². The number of carbonyl (C=O) groups is 2. The molecule has 2 amide bonds. The first-order valence-corrected chi connectivity index (χ1v) is 9.86. The Hall–Kier alpha value is -1.57. The van der Waals surface area contributed by atoms with E-state index in [4.69, 9.17) is 4.42 Å². The Kier molecular flexibility index (Phi) is 5.66. The Labute approximate surface area is 152 Å². The van der Waals surface area contributed by atoms with E-state index < -0.39 is 0 Å². The van der Waals surface area contributed by atoms with Crippen LogP contribution in [-0.4, -0.2) is 56.7 Å². The Morgan fingerprint density at radius 3 is 2.68 bits per heavy atom. The van der Waals surface area contributed by atoms with Gasteiger partial charge in [0.15, 0.2) is 0 Å². The SMILES string of the molecule is CC1CC(C)CN(C(=O)C(C)Sc2nnc(CN3CCCC3=O)o2)C1. The number of hydrogen-bond acceptors (Lipinski definition) is 6. The van der Waals surface area contributed by atoms with Crippen LogP contribution in [0.3, 0.4) is 0 Å². The molecule has 1 aromatic rings. The molecule has 8 heteroatoms. The Morgan fingerprint density at radius 1 is 1.32 bits per heavy atom. The van der Waals surface area contributed by atoms with Gasteiger partial charge in [-0.05, 0) is 31.6 Å². The van der Waals surface area contributed by atoms with E-state index in [9.17, 15) is 9.59 Å². The quantitative estimate of drug-likeness (QED) is 0.743. The van der Waals surface area contributed by atoms with Crippen molar-refractivity contribution < 1.29 is 14.0 Å². The van der Waals surface area contributed by atoms with Gasteiger partial charge in [-0.2, -0.15) is 0 Å². The van der Waals surface area contributed by atoms with Crippen molar-refractivity contribution in [1.29, 1.82) is 0 Å². The van der Waals surface area contributed by atoms with Gasteiger partial charge in [-0.3, -0.25) is 9.59 Å². The molecule has 2 aliphatic rings. The number of amides is 2. The van der Waals surface area contributed by atoms with E-state index >= 15 is 0 Å². The van der Waals surface area contributed by atoms with Crippen LogP contribution in [0.4, 0.5) is 0 Å². The lowest BCUT2D eigenvalue weighted by Crippen LogP contribution is -2.45. The van der Waals surface area contributed by atoms with E-state index in [0.29, 0.717) is 35.9 Å². The highest BCUT2D eigenvalue weighted by molar-refractivity contribution is 8.00. The summed E-state index contributed by atoms with van der Waals surface area (Å²) in [6.45, 7) is 9.00. The van der Waals surface area contributed by atoms with Gasteiger partial charge in [0, 0.05) is 26.1 Å². The van der Waals surface area contributed by atoms with Crippen LogP contribution < -0.4 is 0 Å². The summed E-state index contributed by atoms with van der Waals surface area (Å²) < 4.78 is 5.62. The summed E-state index contributed by atoms with van der Waals surface area (Å²) in [5.74, 6) is 1.76. The van der Waals surface area contributed by atoms with Crippen LogP contribution in [0.5, 0.6) is 0 Å². The molecular weight excluding hydrogens is 340 g/mol. The monoisotopic (exact) mass is 366 g/mol. The highest BCUT2D eigenvalue weighted by Crippen LogP contribution is 2.27. The van der Waals surface area contributed by atoms with E-state index in [0.717, 1.165) is 26.1 Å². The number of hydrogen-bond donors (Lipinski definition) is 0. The number of nitrogens with zero attached hydrogens (tertiary/aromatic N) is 4. The van der Waals surface area contributed by atoms with Crippen molar-refractivity contribution in [2.24, 2.45) is 11.8 Å². The van der Waals surface area contributed by atoms with E-state index in [1.54, 1.807) is 4.90 Å². The summed E-state index contributed by atoms with van der Waals surface area (Å²) >= 11 is 1.29. The van der Waals surface area contributed by atoms with E-state index in [2.05, 4.69) is 24.0 Å². The first kappa shape index (κ1) is 18.2. The molecule has 2 fully saturated rings. The lowest BCUT2D eigenvalue weighted by Gasteiger charge is -2.36. The largest absolute Gasteiger partial charge is 0.414 e. The molecule has 0 aliphatic carbocycles. The molecule has 0 saturated carbocycles. The van der Waals surface area contributed by atoms with Crippen LogP contribution in [0.15, 0.2) is 9.64 Å². The average molecular weight is 366 g/mol. The van der Waals surface area contributed by atoms with E-state index in [1.807, 2.05) is 11.8 Å². The standard InChI is InChI=1S/C17H26N4O3S/c1-11-7-12(2)9-21(8-11)16(23)13(3)25-17-19-18-14(24-17)10-20-6-4-5-15(20)22/h11-13H,4-10H2,1-3H3. The molecule has 0 spiro atoms. The summed E-state index contributed by atoms with van der Waals surface area (Å²) in [6.07, 6.45) is 2.65. The molecule has 3 rings (SSSR count). The van der Waals surface area contributed by atoms with Gasteiger partial charge in [-0.1, -0.05) is 25.6 Å². The first-order chi connectivity index (χ1) is 11.9. The molecule has 25 heavy (non-hydrogen) atoms. The summed E-state index contributed by atoms with van der Waals surface area (Å²) in [7, 11) is 0. The molecule has 7 nitrogen and oxygen atoms in total. The third kappa shape index (κ3) is 4.54. The van der Waals surface area contributed by atoms with Gasteiger partial charge in [0.25, 0.3) is 5.22 Å². The first-order valence-electron chi connectivity index (χ1n) is 8.98. The van der Waals surface area contributed by atoms with Gasteiger partial charge >= 0.3 is 0 Å². The second kappa shape index (κ2) is 7.76. The fourth-order valence-corrected chi connectivity index (χ4v) is 4.47. The molecule has 138 valence electrons. The minimum Gasteiger partial charge on any atom is -0.414 e. The maximum atomic E-state index is 12.7. The molecule has 0 N–H and O–H groups in total. The molecule has 2 aliphatic heterocycles. The van der Waals surface area contributed by atoms with Crippen molar-refractivity contribution in [3.8, 4) is 0 Å². The minimum absolute atomic E-state index is 0.123. The molecule has 3 heterocycles. The average Bonchev–Trinajstić information content (AvgIpc) is 3.15. The van der Waals surface area contributed by atoms with Crippen molar-refractivity contribution in [3.05, 3.63) is 5.89 Å². The fraction of sp³-hybridized carbons (Fsp3) is 0.765. The zero-order valence-electron chi connectivity index (χ0n) is 15.1. The number of rotatable bonds is 5. The molecule has 0 aromatic carbocycles. The number of aromatic nitrogens is 2. The normalized spacial score (nSPS) is 25.5. The third-order valence-corrected chi connectivity index (χ3v) is 5.67. The van der Waals surface area contributed by atoms with E-state index in [-0.39, 0.29) is 17.1 Å². The number of likely N-dealkylation sites (tertiary alicyclic amines) is 2. The van der Waals surface area contributed by atoms with Gasteiger partial charge in [0.05, 0.1) is 11.8 Å². The van der Waals surface area contributed by atoms with Crippen molar-refractivity contribution in [2.45, 2.75) is 57.1 Å². The second-order valence-corrected chi connectivity index (χ2v) is 8.62. The van der Waals surface area contributed by atoms with Crippen molar-refractivity contribution in [2.75, 3.05) is 19.6 Å². The van der Waals surface area contributed by atoms with Crippen molar-refractivity contribution in [3.63, 3.8) is 0 Å². The fourth-order valence-electron chi connectivity index (χ4n) is 3.69. The summed E-state index contributed by atoms with van der Waals surface area (Å²) in [4.78, 5) is 28.0. The molecule has 2 saturated heterocycles. The molecule has 3 unspecified atom stereocenters. The van der Waals surface area contributed by atoms with Gasteiger partial charge < -0.3 is 14.2 Å². The maximum absolute atomic E-state index is 12.7. The molecular formula is C17H26N4O3S. The Balaban J connectivity index is 1.54. The predicted molar refractivity (Wildman–Crippen MR) is 93.8 cm³/mol. The lowest BCUT2D eigenvalue weighted by molar-refractivity contribution is -0.133. The molecule has 3 atom stereocenters. The number of thioether (sulfide) groups is 1. The Bertz CT molecular complexity index is 625. The minimum atomic E-state index is -0.265. The van der Waals surface area contributed by atoms with Gasteiger partial charge in [-0.15, -0.1) is 10.2 Å². The molecule has 0 bridgehead atoms. The zero-order valence-corrected chi connectivity index (χ0v) is 15.9. The summed E-state index contributed by atoms with van der Waals surface area (Å²) in [5, 5.41) is 8.15. The smallest absolute Gasteiger partial charge is 0.277 e. The highest BCUT2D eigenvalue weighted by Gasteiger charge is 2.30. The van der Waals surface area contributed by atoms with Crippen molar-refractivity contribution in [1.82, 2.24) is 20.0 Å².